The van der Waals surface area contributed by atoms with Crippen molar-refractivity contribution in [2.24, 2.45) is 5.92 Å². The van der Waals surface area contributed by atoms with Crippen molar-refractivity contribution in [3.8, 4) is 0 Å². The van der Waals surface area contributed by atoms with E-state index in [1.165, 1.54) is 38.5 Å². The minimum Gasteiger partial charge on any atom is -0.331 e. The van der Waals surface area contributed by atoms with Gasteiger partial charge in [0.05, 0.1) is 0 Å². The van der Waals surface area contributed by atoms with Crippen LogP contribution in [0.15, 0.2) is 0 Å². The molecule has 0 aromatic heterocycles. The maximum atomic E-state index is 8.35. The summed E-state index contributed by atoms with van der Waals surface area (Å²) >= 11 is 0. The van der Waals surface area contributed by atoms with Crippen LogP contribution in [0.25, 0.3) is 0 Å². The van der Waals surface area contributed by atoms with Gasteiger partial charge in [-0.1, -0.05) is 52.4 Å². The molecule has 20 heavy (non-hydrogen) atoms. The van der Waals surface area contributed by atoms with Gasteiger partial charge in [0.2, 0.25) is 6.08 Å². The third kappa shape index (κ3) is 9.21. The summed E-state index contributed by atoms with van der Waals surface area (Å²) in [6, 6.07) is 0. The smallest absolute Gasteiger partial charge is 0.284 e. The van der Waals surface area contributed by atoms with Crippen molar-refractivity contribution < 1.29 is 19.0 Å². The third-order valence-electron chi connectivity index (χ3n) is 3.45. The van der Waals surface area contributed by atoms with Crippen molar-refractivity contribution in [3.05, 3.63) is 0 Å². The van der Waals surface area contributed by atoms with Crippen LogP contribution < -0.4 is 0 Å². The van der Waals surface area contributed by atoms with Crippen LogP contribution in [0.5, 0.6) is 0 Å². The number of ether oxygens (including phenoxy) is 3. The lowest BCUT2D eigenvalue weighted by Crippen LogP contribution is -2.42. The van der Waals surface area contributed by atoms with E-state index in [4.69, 9.17) is 24.4 Å². The minimum atomic E-state index is -0.872. The standard InChI is InChI=1S/C14H30O3.CHNO/c1-6-7-8-9-10-11-12-13(2)14(15-3,16-4)17-5;2-1-3/h13H,6-12H2,1-5H3;2H. The summed E-state index contributed by atoms with van der Waals surface area (Å²) in [7, 11) is 4.89. The zero-order chi connectivity index (χ0) is 15.9. The Balaban J connectivity index is 0. The van der Waals surface area contributed by atoms with E-state index in [0.29, 0.717) is 0 Å². The monoisotopic (exact) mass is 289 g/mol. The second-order valence-corrected chi connectivity index (χ2v) is 4.78. The molecular formula is C15H31NO4. The summed E-state index contributed by atoms with van der Waals surface area (Å²) in [5, 5.41) is 5.40. The van der Waals surface area contributed by atoms with E-state index in [1.807, 2.05) is 0 Å². The molecular weight excluding hydrogens is 258 g/mol. The molecule has 0 aliphatic heterocycles. The quantitative estimate of drug-likeness (QED) is 0.271. The van der Waals surface area contributed by atoms with Gasteiger partial charge in [-0.25, -0.2) is 10.2 Å². The van der Waals surface area contributed by atoms with Crippen molar-refractivity contribution >= 4 is 6.08 Å². The van der Waals surface area contributed by atoms with Gasteiger partial charge < -0.3 is 14.2 Å². The Kier molecular flexibility index (Phi) is 15.8. The Morgan fingerprint density at radius 3 is 1.80 bits per heavy atom. The van der Waals surface area contributed by atoms with Crippen molar-refractivity contribution in [3.63, 3.8) is 0 Å². The highest BCUT2D eigenvalue weighted by molar-refractivity contribution is 5.26. The molecule has 0 aromatic carbocycles. The first-order valence-electron chi connectivity index (χ1n) is 7.27. The van der Waals surface area contributed by atoms with Crippen LogP contribution in [0, 0.1) is 11.3 Å². The van der Waals surface area contributed by atoms with E-state index in [1.54, 1.807) is 21.3 Å². The molecule has 1 unspecified atom stereocenters. The fourth-order valence-corrected chi connectivity index (χ4v) is 2.26. The summed E-state index contributed by atoms with van der Waals surface area (Å²) in [5.41, 5.74) is 0. The van der Waals surface area contributed by atoms with E-state index >= 15 is 0 Å². The number of isocyanates is 1. The number of rotatable bonds is 11. The van der Waals surface area contributed by atoms with E-state index < -0.39 is 5.97 Å². The molecule has 0 spiro atoms. The molecule has 0 radical (unpaired) electrons. The molecule has 0 rings (SSSR count). The van der Waals surface area contributed by atoms with E-state index in [2.05, 4.69) is 13.8 Å². The Hall–Kier alpha value is -0.740. The largest absolute Gasteiger partial charge is 0.331 e. The predicted molar refractivity (Wildman–Crippen MR) is 79.3 cm³/mol. The Morgan fingerprint density at radius 1 is 1.00 bits per heavy atom. The maximum Gasteiger partial charge on any atom is 0.284 e. The molecule has 0 aliphatic rings. The van der Waals surface area contributed by atoms with Gasteiger partial charge in [-0.05, 0) is 6.42 Å². The second kappa shape index (κ2) is 14.7. The highest BCUT2D eigenvalue weighted by Crippen LogP contribution is 2.27. The van der Waals surface area contributed by atoms with Crippen LogP contribution in [0.4, 0.5) is 0 Å². The Labute approximate surface area is 123 Å². The average Bonchev–Trinajstić information content (AvgIpc) is 2.46. The molecule has 0 heterocycles. The zero-order valence-electron chi connectivity index (χ0n) is 13.7. The van der Waals surface area contributed by atoms with Gasteiger partial charge in [-0.3, -0.25) is 0 Å². The molecule has 0 saturated carbocycles. The molecule has 120 valence electrons. The van der Waals surface area contributed by atoms with Gasteiger partial charge in [-0.2, -0.15) is 0 Å². The van der Waals surface area contributed by atoms with Gasteiger partial charge in [0.15, 0.2) is 0 Å². The topological polar surface area (TPSA) is 68.6 Å². The van der Waals surface area contributed by atoms with Gasteiger partial charge in [-0.15, -0.1) is 0 Å². The summed E-state index contributed by atoms with van der Waals surface area (Å²) < 4.78 is 16.0. The highest BCUT2D eigenvalue weighted by atomic mass is 16.9. The van der Waals surface area contributed by atoms with Gasteiger partial charge in [0, 0.05) is 27.2 Å². The first kappa shape index (κ1) is 21.6. The maximum absolute atomic E-state index is 8.35. The Morgan fingerprint density at radius 2 is 1.40 bits per heavy atom. The molecule has 0 amide bonds. The van der Waals surface area contributed by atoms with Gasteiger partial charge in [0.1, 0.15) is 0 Å². The molecule has 1 atom stereocenters. The van der Waals surface area contributed by atoms with Crippen molar-refractivity contribution in [1.82, 2.24) is 0 Å². The second-order valence-electron chi connectivity index (χ2n) is 4.78. The van der Waals surface area contributed by atoms with Gasteiger partial charge in [0.25, 0.3) is 5.97 Å². The molecule has 1 N–H and O–H groups in total. The third-order valence-corrected chi connectivity index (χ3v) is 3.45. The number of carbonyl (C=O) groups excluding carboxylic acids is 1. The van der Waals surface area contributed by atoms with Crippen molar-refractivity contribution in [2.75, 3.05) is 21.3 Å². The lowest BCUT2D eigenvalue weighted by atomic mass is 9.99. The van der Waals surface area contributed by atoms with Crippen LogP contribution in [0.1, 0.15) is 58.8 Å². The van der Waals surface area contributed by atoms with E-state index in [-0.39, 0.29) is 5.92 Å². The molecule has 5 heteroatoms. The van der Waals surface area contributed by atoms with Crippen molar-refractivity contribution in [2.45, 2.75) is 64.8 Å². The molecule has 0 saturated heterocycles. The summed E-state index contributed by atoms with van der Waals surface area (Å²) in [5.74, 6) is -0.627. The van der Waals surface area contributed by atoms with Crippen LogP contribution in [0.2, 0.25) is 0 Å². The highest BCUT2D eigenvalue weighted by Gasteiger charge is 2.36. The minimum absolute atomic E-state index is 0.244. The SMILES string of the molecule is CCCCCCCCC(C)C(OC)(OC)OC.N=C=O. The number of methoxy groups -OCH3 is 3. The van der Waals surface area contributed by atoms with Crippen LogP contribution in [0.3, 0.4) is 0 Å². The lowest BCUT2D eigenvalue weighted by molar-refractivity contribution is -0.377. The summed E-state index contributed by atoms with van der Waals surface area (Å²) in [4.78, 5) is 8.35. The average molecular weight is 289 g/mol. The molecule has 0 aromatic rings. The Bertz CT molecular complexity index is 228. The molecule has 5 nitrogen and oxygen atoms in total. The number of hydrogen-bond donors (Lipinski definition) is 1. The first-order chi connectivity index (χ1) is 9.58. The van der Waals surface area contributed by atoms with Gasteiger partial charge >= 0.3 is 0 Å². The van der Waals surface area contributed by atoms with Crippen LogP contribution >= 0.6 is 0 Å². The normalized spacial score (nSPS) is 12.2. The first-order valence-corrected chi connectivity index (χ1v) is 7.27. The van der Waals surface area contributed by atoms with Crippen molar-refractivity contribution in [1.29, 1.82) is 5.41 Å². The predicted octanol–water partition coefficient (Wildman–Crippen LogP) is 3.87. The van der Waals surface area contributed by atoms with Crippen LogP contribution in [-0.2, 0) is 19.0 Å². The molecule has 0 aliphatic carbocycles. The lowest BCUT2D eigenvalue weighted by Gasteiger charge is -2.34. The molecule has 0 fully saturated rings. The zero-order valence-corrected chi connectivity index (χ0v) is 13.7. The summed E-state index contributed by atoms with van der Waals surface area (Å²) in [6.07, 6.45) is 9.67. The van der Waals surface area contributed by atoms with E-state index in [0.717, 1.165) is 12.5 Å². The molecule has 0 bridgehead atoms. The number of unbranched alkanes of at least 4 members (excludes halogenated alkanes) is 5. The number of nitrogens with one attached hydrogen (secondary N) is 1. The fraction of sp³-hybridized carbons (Fsp3) is 0.933. The van der Waals surface area contributed by atoms with Crippen LogP contribution in [-0.4, -0.2) is 33.4 Å². The summed E-state index contributed by atoms with van der Waals surface area (Å²) in [6.45, 7) is 4.36. The fourth-order valence-electron chi connectivity index (χ4n) is 2.26. The number of hydrogen-bond acceptors (Lipinski definition) is 5. The van der Waals surface area contributed by atoms with E-state index in [9.17, 15) is 0 Å².